The Morgan fingerprint density at radius 3 is 2.36 bits per heavy atom. The van der Waals surface area contributed by atoms with Gasteiger partial charge in [0.25, 0.3) is 6.47 Å². The average Bonchev–Trinajstić information content (AvgIpc) is 2.46. The van der Waals surface area contributed by atoms with Crippen LogP contribution in [0.4, 0.5) is 0 Å². The van der Waals surface area contributed by atoms with Crippen molar-refractivity contribution in [3.8, 4) is 0 Å². The molecular weight excluding hydrogens is 151 g/mol. The number of rotatable bonds is 2. The topological polar surface area (TPSA) is 26.3 Å². The molecule has 0 unspecified atom stereocenters. The molecule has 11 heavy (non-hydrogen) atoms. The molecular formula is C8H13NaO2. The zero-order chi connectivity index (χ0) is 7.03. The monoisotopic (exact) mass is 164 g/mol. The minimum atomic E-state index is -0.00752. The second-order valence-electron chi connectivity index (χ2n) is 3.54. The summed E-state index contributed by atoms with van der Waals surface area (Å²) in [5.41, 5.74) is -0.00752. The second kappa shape index (κ2) is 3.46. The van der Waals surface area contributed by atoms with Gasteiger partial charge in [0.1, 0.15) is 5.60 Å². The van der Waals surface area contributed by atoms with Crippen LogP contribution in [0.3, 0.4) is 0 Å². The summed E-state index contributed by atoms with van der Waals surface area (Å²) in [4.78, 5) is 10.1. The summed E-state index contributed by atoms with van der Waals surface area (Å²) in [5, 5.41) is 0. The van der Waals surface area contributed by atoms with Gasteiger partial charge in [0, 0.05) is 0 Å². The molecule has 0 saturated heterocycles. The van der Waals surface area contributed by atoms with Crippen molar-refractivity contribution >= 4 is 36.0 Å². The van der Waals surface area contributed by atoms with Gasteiger partial charge in [-0.1, -0.05) is 0 Å². The molecule has 0 amide bonds. The molecule has 0 aromatic rings. The van der Waals surface area contributed by atoms with Gasteiger partial charge in [0.15, 0.2) is 0 Å². The Morgan fingerprint density at radius 1 is 1.36 bits per heavy atom. The molecule has 3 heteroatoms. The van der Waals surface area contributed by atoms with Crippen LogP contribution in [0, 0.1) is 5.92 Å². The molecule has 0 heterocycles. The summed E-state index contributed by atoms with van der Waals surface area (Å²) in [6.07, 6.45) is 5.89. The molecule has 0 aromatic heterocycles. The van der Waals surface area contributed by atoms with Crippen LogP contribution in [0.25, 0.3) is 0 Å². The van der Waals surface area contributed by atoms with Crippen LogP contribution >= 0.6 is 0 Å². The van der Waals surface area contributed by atoms with Crippen molar-refractivity contribution in [3.63, 3.8) is 0 Å². The fraction of sp³-hybridized carbons (Fsp3) is 0.875. The first-order valence-electron chi connectivity index (χ1n) is 3.96. The van der Waals surface area contributed by atoms with Gasteiger partial charge in [0.2, 0.25) is 0 Å². The first kappa shape index (κ1) is 9.56. The molecule has 2 bridgehead atoms. The van der Waals surface area contributed by atoms with E-state index in [4.69, 9.17) is 4.74 Å². The molecule has 2 aliphatic rings. The molecule has 2 rings (SSSR count). The fourth-order valence-corrected chi connectivity index (χ4v) is 2.41. The molecule has 0 radical (unpaired) electrons. The van der Waals surface area contributed by atoms with Crippen LogP contribution in [0.2, 0.25) is 0 Å². The van der Waals surface area contributed by atoms with Crippen molar-refractivity contribution in [1.82, 2.24) is 0 Å². The quantitative estimate of drug-likeness (QED) is 0.446. The van der Waals surface area contributed by atoms with E-state index in [1.54, 1.807) is 0 Å². The number of ether oxygens (including phenoxy) is 1. The predicted octanol–water partition coefficient (Wildman–Crippen LogP) is 0.844. The Labute approximate surface area is 89.0 Å². The standard InChI is InChI=1S/C8H12O2.Na.H/c9-6-10-8-3-1-7(5-8)2-4-8;;/h6-7H,1-5H2;;. The molecule has 0 N–H and O–H groups in total. The third-order valence-corrected chi connectivity index (χ3v) is 2.98. The molecule has 0 atom stereocenters. The van der Waals surface area contributed by atoms with Crippen LogP contribution in [0.5, 0.6) is 0 Å². The van der Waals surface area contributed by atoms with Gasteiger partial charge < -0.3 is 4.74 Å². The Bertz CT molecular complexity index is 150. The SMILES string of the molecule is O=COC12CCC(CC1)C2.[NaH]. The molecule has 2 aliphatic carbocycles. The third-order valence-electron chi connectivity index (χ3n) is 2.98. The molecule has 2 fully saturated rings. The molecule has 58 valence electrons. The minimum absolute atomic E-state index is 0. The van der Waals surface area contributed by atoms with Gasteiger partial charge in [-0.2, -0.15) is 0 Å². The van der Waals surface area contributed by atoms with Gasteiger partial charge in [-0.05, 0) is 38.0 Å². The van der Waals surface area contributed by atoms with Crippen molar-refractivity contribution in [2.45, 2.75) is 37.7 Å². The number of carbonyl (C=O) groups is 1. The maximum absolute atomic E-state index is 10.1. The maximum atomic E-state index is 10.1. The van der Waals surface area contributed by atoms with Crippen molar-refractivity contribution in [1.29, 1.82) is 0 Å². The summed E-state index contributed by atoms with van der Waals surface area (Å²) in [6, 6.07) is 0. The Balaban J connectivity index is 0.000000605. The van der Waals surface area contributed by atoms with Gasteiger partial charge in [0.05, 0.1) is 0 Å². The third kappa shape index (κ3) is 1.63. The molecule has 0 spiro atoms. The van der Waals surface area contributed by atoms with Crippen LogP contribution in [-0.2, 0) is 9.53 Å². The summed E-state index contributed by atoms with van der Waals surface area (Å²) >= 11 is 0. The fourth-order valence-electron chi connectivity index (χ4n) is 2.41. The van der Waals surface area contributed by atoms with Crippen molar-refractivity contribution in [2.75, 3.05) is 0 Å². The summed E-state index contributed by atoms with van der Waals surface area (Å²) in [6.45, 7) is 0.619. The average molecular weight is 164 g/mol. The van der Waals surface area contributed by atoms with Crippen LogP contribution < -0.4 is 0 Å². The van der Waals surface area contributed by atoms with Gasteiger partial charge in [-0.25, -0.2) is 0 Å². The molecule has 0 aromatic carbocycles. The zero-order valence-electron chi connectivity index (χ0n) is 6.01. The molecule has 2 nitrogen and oxygen atoms in total. The van der Waals surface area contributed by atoms with Gasteiger partial charge >= 0.3 is 29.6 Å². The van der Waals surface area contributed by atoms with Crippen molar-refractivity contribution in [2.24, 2.45) is 5.92 Å². The predicted molar refractivity (Wildman–Crippen MR) is 43.6 cm³/mol. The van der Waals surface area contributed by atoms with E-state index in [9.17, 15) is 4.79 Å². The van der Waals surface area contributed by atoms with Crippen LogP contribution in [-0.4, -0.2) is 41.6 Å². The van der Waals surface area contributed by atoms with E-state index in [-0.39, 0.29) is 35.2 Å². The van der Waals surface area contributed by atoms with Gasteiger partial charge in [-0.15, -0.1) is 0 Å². The number of hydrogen-bond donors (Lipinski definition) is 0. The zero-order valence-corrected chi connectivity index (χ0v) is 6.01. The van der Waals surface area contributed by atoms with Crippen molar-refractivity contribution in [3.05, 3.63) is 0 Å². The van der Waals surface area contributed by atoms with E-state index in [2.05, 4.69) is 0 Å². The summed E-state index contributed by atoms with van der Waals surface area (Å²) < 4.78 is 5.10. The van der Waals surface area contributed by atoms with E-state index in [0.717, 1.165) is 25.2 Å². The normalized spacial score (nSPS) is 39.8. The second-order valence-corrected chi connectivity index (χ2v) is 3.54. The summed E-state index contributed by atoms with van der Waals surface area (Å²) in [7, 11) is 0. The van der Waals surface area contributed by atoms with E-state index in [1.807, 2.05) is 0 Å². The molecule has 0 aliphatic heterocycles. The van der Waals surface area contributed by atoms with Crippen molar-refractivity contribution < 1.29 is 9.53 Å². The Hall–Kier alpha value is 0.470. The van der Waals surface area contributed by atoms with E-state index < -0.39 is 0 Å². The first-order valence-corrected chi connectivity index (χ1v) is 3.96. The Kier molecular flexibility index (Phi) is 3.01. The first-order chi connectivity index (χ1) is 4.85. The van der Waals surface area contributed by atoms with Crippen LogP contribution in [0.1, 0.15) is 32.1 Å². The van der Waals surface area contributed by atoms with E-state index >= 15 is 0 Å². The number of carbonyl (C=O) groups excluding carboxylic acids is 1. The number of fused-ring (bicyclic) bond motifs is 2. The van der Waals surface area contributed by atoms with Gasteiger partial charge in [-0.3, -0.25) is 4.79 Å². The van der Waals surface area contributed by atoms with Crippen LogP contribution in [0.15, 0.2) is 0 Å². The molecule has 2 saturated carbocycles. The Morgan fingerprint density at radius 2 is 2.00 bits per heavy atom. The van der Waals surface area contributed by atoms with E-state index in [1.165, 1.54) is 12.8 Å². The van der Waals surface area contributed by atoms with E-state index in [0.29, 0.717) is 6.47 Å². The summed E-state index contributed by atoms with van der Waals surface area (Å²) in [5.74, 6) is 0.861. The number of hydrogen-bond acceptors (Lipinski definition) is 2.